The molecule has 0 radical (unpaired) electrons. The van der Waals surface area contributed by atoms with Crippen LogP contribution in [0, 0.1) is 5.92 Å². The highest BCUT2D eigenvalue weighted by atomic mass is 16.4. The van der Waals surface area contributed by atoms with Crippen molar-refractivity contribution < 1.29 is 19.5 Å². The smallest absolute Gasteiger partial charge is 0.326 e. The lowest BCUT2D eigenvalue weighted by Crippen LogP contribution is -2.44. The normalized spacial score (nSPS) is 16.4. The molecular formula is C30H33N5O4. The van der Waals surface area contributed by atoms with E-state index in [-0.39, 0.29) is 17.7 Å². The van der Waals surface area contributed by atoms with Crippen LogP contribution in [-0.4, -0.2) is 76.9 Å². The van der Waals surface area contributed by atoms with Crippen molar-refractivity contribution in [3.05, 3.63) is 77.5 Å². The molecule has 39 heavy (non-hydrogen) atoms. The number of nitrogens with zero attached hydrogens (tertiary/aromatic N) is 4. The van der Waals surface area contributed by atoms with Crippen molar-refractivity contribution in [3.63, 3.8) is 0 Å². The van der Waals surface area contributed by atoms with Crippen LogP contribution in [0.2, 0.25) is 0 Å². The Morgan fingerprint density at radius 2 is 1.64 bits per heavy atom. The number of benzene rings is 2. The van der Waals surface area contributed by atoms with Gasteiger partial charge < -0.3 is 25.1 Å². The van der Waals surface area contributed by atoms with Crippen LogP contribution in [-0.2, 0) is 11.3 Å². The number of pyridine rings is 1. The highest BCUT2D eigenvalue weighted by Crippen LogP contribution is 2.31. The summed E-state index contributed by atoms with van der Waals surface area (Å²) in [5, 5.41) is 12.6. The van der Waals surface area contributed by atoms with E-state index >= 15 is 0 Å². The zero-order chi connectivity index (χ0) is 27.7. The molecule has 0 bridgehead atoms. The Bertz CT molecular complexity index is 1380. The molecule has 1 aromatic heterocycles. The fourth-order valence-corrected chi connectivity index (χ4v) is 5.20. The third-order valence-corrected chi connectivity index (χ3v) is 7.48. The average molecular weight is 528 g/mol. The van der Waals surface area contributed by atoms with E-state index in [0.717, 1.165) is 48.7 Å². The fraction of sp³-hybridized carbons (Fsp3) is 0.333. The van der Waals surface area contributed by atoms with Crippen molar-refractivity contribution in [1.29, 1.82) is 0 Å². The van der Waals surface area contributed by atoms with Crippen LogP contribution in [0.25, 0.3) is 11.1 Å². The van der Waals surface area contributed by atoms with Gasteiger partial charge in [-0.15, -0.1) is 0 Å². The first kappa shape index (κ1) is 26.4. The molecule has 2 amide bonds. The fourth-order valence-electron chi connectivity index (χ4n) is 5.20. The van der Waals surface area contributed by atoms with Gasteiger partial charge in [-0.05, 0) is 60.0 Å². The maximum absolute atomic E-state index is 13.1. The largest absolute Gasteiger partial charge is 0.480 e. The number of likely N-dealkylation sites (N-methyl/N-ethyl adjacent to an activating group) is 1. The number of carbonyl (C=O) groups is 3. The highest BCUT2D eigenvalue weighted by molar-refractivity contribution is 6.04. The van der Waals surface area contributed by atoms with E-state index < -0.39 is 12.0 Å². The van der Waals surface area contributed by atoms with Crippen molar-refractivity contribution in [2.45, 2.75) is 26.4 Å². The Balaban J connectivity index is 1.24. The molecule has 2 N–H and O–H groups in total. The third-order valence-electron chi connectivity index (χ3n) is 7.48. The number of hydrogen-bond acceptors (Lipinski definition) is 6. The van der Waals surface area contributed by atoms with Crippen LogP contribution >= 0.6 is 0 Å². The summed E-state index contributed by atoms with van der Waals surface area (Å²) < 4.78 is 0. The summed E-state index contributed by atoms with van der Waals surface area (Å²) in [4.78, 5) is 48.1. The Morgan fingerprint density at radius 3 is 2.26 bits per heavy atom. The minimum atomic E-state index is -0.995. The lowest BCUT2D eigenvalue weighted by Gasteiger charge is -2.33. The molecule has 3 heterocycles. The first-order valence-electron chi connectivity index (χ1n) is 13.2. The average Bonchev–Trinajstić information content (AvgIpc) is 3.24. The Labute approximate surface area is 228 Å². The number of aliphatic carboxylic acids is 1. The number of carbonyl (C=O) groups excluding carboxylic acids is 2. The zero-order valence-electron chi connectivity index (χ0n) is 22.4. The molecule has 1 fully saturated rings. The summed E-state index contributed by atoms with van der Waals surface area (Å²) in [5.41, 5.74) is 4.23. The van der Waals surface area contributed by atoms with Gasteiger partial charge >= 0.3 is 5.97 Å². The van der Waals surface area contributed by atoms with Gasteiger partial charge in [0.15, 0.2) is 0 Å². The molecule has 0 saturated carbocycles. The van der Waals surface area contributed by atoms with E-state index in [1.165, 1.54) is 4.90 Å². The first-order valence-corrected chi connectivity index (χ1v) is 13.2. The third kappa shape index (κ3) is 5.49. The zero-order valence-corrected chi connectivity index (χ0v) is 22.4. The number of carboxylic acid groups (broad SMARTS) is 1. The van der Waals surface area contributed by atoms with Crippen LogP contribution in [0.5, 0.6) is 0 Å². The number of rotatable bonds is 7. The second-order valence-corrected chi connectivity index (χ2v) is 10.6. The van der Waals surface area contributed by atoms with Gasteiger partial charge in [0.2, 0.25) is 0 Å². The van der Waals surface area contributed by atoms with E-state index in [1.54, 1.807) is 26.1 Å². The van der Waals surface area contributed by atoms with Crippen LogP contribution in [0.1, 0.15) is 40.1 Å². The lowest BCUT2D eigenvalue weighted by atomic mass is 10.00. The van der Waals surface area contributed by atoms with Gasteiger partial charge in [0.1, 0.15) is 11.9 Å². The SMILES string of the molecule is CC(C)C(C(=O)O)N1Cc2ccc(-c3ccc(NC(=O)c4ccc(N5CCN(C)CC5)nc4)cc3)cc2C1=O. The van der Waals surface area contributed by atoms with Crippen molar-refractivity contribution in [2.24, 2.45) is 5.92 Å². The molecule has 0 aliphatic carbocycles. The molecule has 9 heteroatoms. The summed E-state index contributed by atoms with van der Waals surface area (Å²) in [6.45, 7) is 7.71. The lowest BCUT2D eigenvalue weighted by molar-refractivity contribution is -0.144. The van der Waals surface area contributed by atoms with Gasteiger partial charge in [0.05, 0.1) is 5.56 Å². The van der Waals surface area contributed by atoms with Crippen molar-refractivity contribution in [2.75, 3.05) is 43.4 Å². The standard InChI is InChI=1S/C30H33N5O4/c1-19(2)27(30(38)39)35-18-23-5-4-21(16-25(23)29(35)37)20-6-9-24(10-7-20)32-28(36)22-8-11-26(31-17-22)34-14-12-33(3)13-15-34/h4-11,16-17,19,27H,12-15,18H2,1-3H3,(H,32,36)(H,38,39). The van der Waals surface area contributed by atoms with E-state index in [2.05, 4.69) is 27.1 Å². The number of amides is 2. The molecule has 1 atom stereocenters. The summed E-state index contributed by atoms with van der Waals surface area (Å²) in [7, 11) is 2.11. The van der Waals surface area contributed by atoms with Crippen molar-refractivity contribution in [3.8, 4) is 11.1 Å². The number of hydrogen-bond donors (Lipinski definition) is 2. The molecule has 1 unspecified atom stereocenters. The molecule has 2 aliphatic heterocycles. The molecule has 1 saturated heterocycles. The van der Waals surface area contributed by atoms with E-state index in [0.29, 0.717) is 23.4 Å². The second-order valence-electron chi connectivity index (χ2n) is 10.6. The minimum absolute atomic E-state index is 0.200. The van der Waals surface area contributed by atoms with Crippen LogP contribution in [0.3, 0.4) is 0 Å². The number of carboxylic acids is 1. The maximum Gasteiger partial charge on any atom is 0.326 e. The van der Waals surface area contributed by atoms with Crippen LogP contribution in [0.15, 0.2) is 60.8 Å². The number of aromatic nitrogens is 1. The van der Waals surface area contributed by atoms with Crippen molar-refractivity contribution >= 4 is 29.3 Å². The number of anilines is 2. The predicted octanol–water partition coefficient (Wildman–Crippen LogP) is 3.82. The van der Waals surface area contributed by atoms with Gasteiger partial charge in [0.25, 0.3) is 11.8 Å². The van der Waals surface area contributed by atoms with Gasteiger partial charge in [-0.1, -0.05) is 38.1 Å². The quantitative estimate of drug-likeness (QED) is 0.481. The Kier molecular flexibility index (Phi) is 7.34. The van der Waals surface area contributed by atoms with Gasteiger partial charge in [-0.3, -0.25) is 9.59 Å². The molecule has 2 aromatic carbocycles. The second kappa shape index (κ2) is 10.9. The predicted molar refractivity (Wildman–Crippen MR) is 150 cm³/mol. The van der Waals surface area contributed by atoms with E-state index in [9.17, 15) is 19.5 Å². The minimum Gasteiger partial charge on any atom is -0.480 e. The highest BCUT2D eigenvalue weighted by Gasteiger charge is 2.38. The number of piperazine rings is 1. The Morgan fingerprint density at radius 1 is 0.949 bits per heavy atom. The summed E-state index contributed by atoms with van der Waals surface area (Å²) >= 11 is 0. The maximum atomic E-state index is 13.1. The molecule has 3 aromatic rings. The number of fused-ring (bicyclic) bond motifs is 1. The topological polar surface area (TPSA) is 106 Å². The number of nitrogens with one attached hydrogen (secondary N) is 1. The van der Waals surface area contributed by atoms with E-state index in [1.807, 2.05) is 48.5 Å². The molecule has 9 nitrogen and oxygen atoms in total. The van der Waals surface area contributed by atoms with E-state index in [4.69, 9.17) is 0 Å². The van der Waals surface area contributed by atoms with Crippen molar-refractivity contribution in [1.82, 2.24) is 14.8 Å². The molecule has 2 aliphatic rings. The van der Waals surface area contributed by atoms with Crippen LogP contribution in [0.4, 0.5) is 11.5 Å². The van der Waals surface area contributed by atoms with Gasteiger partial charge in [0, 0.05) is 50.2 Å². The Hall–Kier alpha value is -4.24. The molecule has 5 rings (SSSR count). The summed E-state index contributed by atoms with van der Waals surface area (Å²) in [6.07, 6.45) is 1.61. The molecule has 0 spiro atoms. The summed E-state index contributed by atoms with van der Waals surface area (Å²) in [6, 6.07) is 15.9. The van der Waals surface area contributed by atoms with Crippen LogP contribution < -0.4 is 10.2 Å². The van der Waals surface area contributed by atoms with Gasteiger partial charge in [-0.25, -0.2) is 9.78 Å². The molecular weight excluding hydrogens is 494 g/mol. The summed E-state index contributed by atoms with van der Waals surface area (Å²) in [5.74, 6) is -0.812. The first-order chi connectivity index (χ1) is 18.7. The molecule has 202 valence electrons. The van der Waals surface area contributed by atoms with Gasteiger partial charge in [-0.2, -0.15) is 0 Å². The monoisotopic (exact) mass is 527 g/mol.